The van der Waals surface area contributed by atoms with Gasteiger partial charge in [-0.3, -0.25) is 14.3 Å². The number of benzene rings is 2. The number of aromatic nitrogens is 3. The minimum Gasteiger partial charge on any atom is -0.497 e. The lowest BCUT2D eigenvalue weighted by molar-refractivity contribution is 0.414. The molecule has 4 aromatic rings. The molecule has 4 rings (SSSR count). The van der Waals surface area contributed by atoms with E-state index >= 15 is 0 Å². The van der Waals surface area contributed by atoms with Crippen molar-refractivity contribution < 1.29 is 4.74 Å². The molecule has 2 heterocycles. The topological polar surface area (TPSA) is 66.1 Å². The minimum absolute atomic E-state index is 0.390. The average Bonchev–Trinajstić information content (AvgIpc) is 2.68. The molecule has 0 aliphatic rings. The summed E-state index contributed by atoms with van der Waals surface area (Å²) in [6, 6.07) is 15.2. The predicted octanol–water partition coefficient (Wildman–Crippen LogP) is 3.20. The highest BCUT2D eigenvalue weighted by molar-refractivity contribution is 6.30. The van der Waals surface area contributed by atoms with Gasteiger partial charge in [-0.05, 0) is 36.4 Å². The van der Waals surface area contributed by atoms with Crippen LogP contribution in [0.1, 0.15) is 0 Å². The summed E-state index contributed by atoms with van der Waals surface area (Å²) in [6.07, 6.45) is 3.05. The largest absolute Gasteiger partial charge is 0.497 e. The number of para-hydroxylation sites is 1. The molecule has 0 N–H and O–H groups in total. The van der Waals surface area contributed by atoms with Crippen molar-refractivity contribution >= 4 is 22.5 Å². The van der Waals surface area contributed by atoms with E-state index in [0.717, 1.165) is 4.57 Å². The van der Waals surface area contributed by atoms with E-state index in [2.05, 4.69) is 4.98 Å². The molecule has 0 saturated heterocycles. The van der Waals surface area contributed by atoms with Crippen molar-refractivity contribution in [1.82, 2.24) is 14.1 Å². The Morgan fingerprint density at radius 3 is 2.52 bits per heavy atom. The Bertz CT molecular complexity index is 1260. The van der Waals surface area contributed by atoms with Crippen molar-refractivity contribution in [1.29, 1.82) is 0 Å². The molecular formula is C20H14ClN3O3. The Morgan fingerprint density at radius 1 is 0.963 bits per heavy atom. The quantitative estimate of drug-likeness (QED) is 0.548. The third-order valence-electron chi connectivity index (χ3n) is 4.22. The summed E-state index contributed by atoms with van der Waals surface area (Å²) in [5.41, 5.74) is 0.445. The van der Waals surface area contributed by atoms with Gasteiger partial charge in [-0.25, -0.2) is 9.36 Å². The molecule has 6 nitrogen and oxygen atoms in total. The molecule has 27 heavy (non-hydrogen) atoms. The van der Waals surface area contributed by atoms with Crippen molar-refractivity contribution in [2.75, 3.05) is 7.11 Å². The van der Waals surface area contributed by atoms with E-state index in [1.165, 1.54) is 17.9 Å². The van der Waals surface area contributed by atoms with E-state index in [-0.39, 0.29) is 0 Å². The molecule has 0 saturated carbocycles. The molecule has 2 aromatic carbocycles. The number of halogens is 1. The van der Waals surface area contributed by atoms with Crippen molar-refractivity contribution in [2.24, 2.45) is 0 Å². The van der Waals surface area contributed by atoms with Gasteiger partial charge in [-0.1, -0.05) is 23.7 Å². The number of hydrogen-bond donors (Lipinski definition) is 0. The Hall–Kier alpha value is -3.38. The molecule has 7 heteroatoms. The summed E-state index contributed by atoms with van der Waals surface area (Å²) in [4.78, 5) is 30.3. The second-order valence-corrected chi connectivity index (χ2v) is 6.27. The van der Waals surface area contributed by atoms with Crippen LogP contribution < -0.4 is 16.0 Å². The summed E-state index contributed by atoms with van der Waals surface area (Å²) in [5.74, 6) is 0.507. The number of hydrogen-bond acceptors (Lipinski definition) is 4. The maximum absolute atomic E-state index is 13.3. The third-order valence-corrected chi connectivity index (χ3v) is 4.43. The number of pyridine rings is 1. The zero-order chi connectivity index (χ0) is 19.0. The first-order valence-electron chi connectivity index (χ1n) is 8.12. The summed E-state index contributed by atoms with van der Waals surface area (Å²) < 4.78 is 7.81. The van der Waals surface area contributed by atoms with Crippen LogP contribution in [-0.4, -0.2) is 21.2 Å². The standard InChI is InChI=1S/C20H14ClN3O3/c1-27-16-10-13(21)9-15(11-16)23-18-7-3-2-6-17(18)19(25)24(20(23)26)14-5-4-8-22-12-14/h2-12H,1H3. The fourth-order valence-electron chi connectivity index (χ4n) is 3.02. The SMILES string of the molecule is COc1cc(Cl)cc(-n2c(=O)n(-c3cccnc3)c(=O)c3ccccc32)c1. The molecular weight excluding hydrogens is 366 g/mol. The van der Waals surface area contributed by atoms with E-state index < -0.39 is 11.2 Å². The zero-order valence-corrected chi connectivity index (χ0v) is 15.1. The molecule has 0 aliphatic carbocycles. The second kappa shape index (κ2) is 6.74. The number of nitrogens with zero attached hydrogens (tertiary/aromatic N) is 3. The van der Waals surface area contributed by atoms with Gasteiger partial charge in [0.05, 0.1) is 35.6 Å². The maximum atomic E-state index is 13.3. The fourth-order valence-corrected chi connectivity index (χ4v) is 3.24. The second-order valence-electron chi connectivity index (χ2n) is 5.84. The number of rotatable bonds is 3. The maximum Gasteiger partial charge on any atom is 0.340 e. The molecule has 0 bridgehead atoms. The van der Waals surface area contributed by atoms with Gasteiger partial charge in [0.15, 0.2) is 0 Å². The first-order chi connectivity index (χ1) is 13.1. The normalized spacial score (nSPS) is 10.9. The highest BCUT2D eigenvalue weighted by Crippen LogP contribution is 2.24. The minimum atomic E-state index is -0.518. The highest BCUT2D eigenvalue weighted by Gasteiger charge is 2.16. The van der Waals surface area contributed by atoms with Crippen LogP contribution in [0.15, 0.2) is 76.6 Å². The van der Waals surface area contributed by atoms with Crippen LogP contribution in [-0.2, 0) is 0 Å². The smallest absolute Gasteiger partial charge is 0.340 e. The lowest BCUT2D eigenvalue weighted by Gasteiger charge is -2.15. The van der Waals surface area contributed by atoms with E-state index in [1.54, 1.807) is 60.8 Å². The summed E-state index contributed by atoms with van der Waals surface area (Å²) in [7, 11) is 1.52. The molecule has 0 fully saturated rings. The summed E-state index contributed by atoms with van der Waals surface area (Å²) in [6.45, 7) is 0. The lowest BCUT2D eigenvalue weighted by Crippen LogP contribution is -2.38. The van der Waals surface area contributed by atoms with Gasteiger partial charge in [0, 0.05) is 17.3 Å². The highest BCUT2D eigenvalue weighted by atomic mass is 35.5. The van der Waals surface area contributed by atoms with E-state index in [9.17, 15) is 9.59 Å². The van der Waals surface area contributed by atoms with Crippen LogP contribution >= 0.6 is 11.6 Å². The van der Waals surface area contributed by atoms with E-state index in [1.807, 2.05) is 0 Å². The molecule has 0 atom stereocenters. The molecule has 2 aromatic heterocycles. The van der Waals surface area contributed by atoms with E-state index in [4.69, 9.17) is 16.3 Å². The summed E-state index contributed by atoms with van der Waals surface area (Å²) >= 11 is 6.20. The van der Waals surface area contributed by atoms with Gasteiger partial charge in [-0.2, -0.15) is 0 Å². The van der Waals surface area contributed by atoms with Crippen LogP contribution in [0.5, 0.6) is 5.75 Å². The number of methoxy groups -OCH3 is 1. The first kappa shape index (κ1) is 17.1. The monoisotopic (exact) mass is 379 g/mol. The summed E-state index contributed by atoms with van der Waals surface area (Å²) in [5, 5.41) is 0.819. The van der Waals surface area contributed by atoms with E-state index in [0.29, 0.717) is 33.0 Å². The number of fused-ring (bicyclic) bond motifs is 1. The lowest BCUT2D eigenvalue weighted by atomic mass is 10.2. The molecule has 0 radical (unpaired) electrons. The molecule has 0 unspecified atom stereocenters. The van der Waals surface area contributed by atoms with Crippen LogP contribution in [0.4, 0.5) is 0 Å². The van der Waals surface area contributed by atoms with Crippen molar-refractivity contribution in [2.45, 2.75) is 0 Å². The van der Waals surface area contributed by atoms with Gasteiger partial charge in [-0.15, -0.1) is 0 Å². The number of ether oxygens (including phenoxy) is 1. The Morgan fingerprint density at radius 2 is 1.78 bits per heavy atom. The van der Waals surface area contributed by atoms with Crippen LogP contribution in [0, 0.1) is 0 Å². The van der Waals surface area contributed by atoms with Gasteiger partial charge in [0.1, 0.15) is 5.75 Å². The first-order valence-corrected chi connectivity index (χ1v) is 8.50. The van der Waals surface area contributed by atoms with Gasteiger partial charge >= 0.3 is 5.69 Å². The zero-order valence-electron chi connectivity index (χ0n) is 14.3. The van der Waals surface area contributed by atoms with Crippen molar-refractivity contribution in [3.63, 3.8) is 0 Å². The van der Waals surface area contributed by atoms with Crippen LogP contribution in [0.3, 0.4) is 0 Å². The molecule has 0 amide bonds. The van der Waals surface area contributed by atoms with Gasteiger partial charge < -0.3 is 4.74 Å². The Kier molecular flexibility index (Phi) is 4.25. The predicted molar refractivity (Wildman–Crippen MR) is 104 cm³/mol. The van der Waals surface area contributed by atoms with Gasteiger partial charge in [0.25, 0.3) is 5.56 Å². The van der Waals surface area contributed by atoms with Crippen molar-refractivity contribution in [3.8, 4) is 17.1 Å². The average molecular weight is 380 g/mol. The fraction of sp³-hybridized carbons (Fsp3) is 0.0500. The van der Waals surface area contributed by atoms with Crippen LogP contribution in [0.2, 0.25) is 5.02 Å². The molecule has 0 aliphatic heterocycles. The Balaban J connectivity index is 2.17. The van der Waals surface area contributed by atoms with Crippen LogP contribution in [0.25, 0.3) is 22.3 Å². The Labute approximate surface area is 158 Å². The van der Waals surface area contributed by atoms with Crippen molar-refractivity contribution in [3.05, 3.63) is 92.9 Å². The third kappa shape index (κ3) is 2.90. The molecule has 134 valence electrons. The van der Waals surface area contributed by atoms with Gasteiger partial charge in [0.2, 0.25) is 0 Å². The molecule has 0 spiro atoms.